The van der Waals surface area contributed by atoms with E-state index in [0.717, 1.165) is 52.9 Å². The number of hydrogen-bond acceptors (Lipinski definition) is 2. The van der Waals surface area contributed by atoms with Crippen molar-refractivity contribution in [3.8, 4) is 11.5 Å². The van der Waals surface area contributed by atoms with Crippen LogP contribution in [0.1, 0.15) is 46.1 Å². The first kappa shape index (κ1) is 18.8. The van der Waals surface area contributed by atoms with Crippen molar-refractivity contribution in [2.45, 2.75) is 45.9 Å². The van der Waals surface area contributed by atoms with Gasteiger partial charge in [0.2, 0.25) is 0 Å². The molecule has 0 saturated carbocycles. The van der Waals surface area contributed by atoms with Crippen LogP contribution in [0.25, 0.3) is 0 Å². The maximum Gasteiger partial charge on any atom is 0.134 e. The molecule has 4 heteroatoms. The van der Waals surface area contributed by atoms with Crippen molar-refractivity contribution in [3.63, 3.8) is 0 Å². The van der Waals surface area contributed by atoms with Crippen LogP contribution in [-0.2, 0) is 5.33 Å². The highest BCUT2D eigenvalue weighted by molar-refractivity contribution is 9.10. The van der Waals surface area contributed by atoms with Crippen molar-refractivity contribution < 1.29 is 9.47 Å². The van der Waals surface area contributed by atoms with Crippen LogP contribution in [0.2, 0.25) is 0 Å². The molecular weight excluding hydrogens is 396 g/mol. The van der Waals surface area contributed by atoms with Crippen molar-refractivity contribution >= 4 is 31.9 Å². The number of alkyl halides is 1. The normalized spacial score (nSPS) is 11.2. The molecule has 0 bridgehead atoms. The summed E-state index contributed by atoms with van der Waals surface area (Å²) in [6.07, 6.45) is 2.12. The molecule has 1 aromatic carbocycles. The molecule has 0 radical (unpaired) electrons. The van der Waals surface area contributed by atoms with Gasteiger partial charge >= 0.3 is 0 Å². The highest BCUT2D eigenvalue weighted by atomic mass is 79.9. The second kappa shape index (κ2) is 9.73. The van der Waals surface area contributed by atoms with E-state index in [0.29, 0.717) is 11.8 Å². The molecule has 0 spiro atoms. The van der Waals surface area contributed by atoms with Gasteiger partial charge in [-0.25, -0.2) is 0 Å². The van der Waals surface area contributed by atoms with E-state index < -0.39 is 0 Å². The highest BCUT2D eigenvalue weighted by Gasteiger charge is 2.11. The number of rotatable bonds is 9. The molecule has 0 unspecified atom stereocenters. The number of hydrogen-bond donors (Lipinski definition) is 0. The average molecular weight is 422 g/mol. The molecule has 0 aliphatic rings. The van der Waals surface area contributed by atoms with E-state index in [9.17, 15) is 0 Å². The van der Waals surface area contributed by atoms with Crippen molar-refractivity contribution in [1.29, 1.82) is 0 Å². The molecule has 2 nitrogen and oxygen atoms in total. The lowest BCUT2D eigenvalue weighted by atomic mass is 10.1. The molecule has 0 aromatic heterocycles. The Hall–Kier alpha value is -0.220. The Balaban J connectivity index is 2.71. The van der Waals surface area contributed by atoms with E-state index >= 15 is 0 Å². The van der Waals surface area contributed by atoms with Gasteiger partial charge in [0, 0.05) is 10.9 Å². The predicted molar refractivity (Wildman–Crippen MR) is 96.7 cm³/mol. The third kappa shape index (κ3) is 7.05. The average Bonchev–Trinajstić information content (AvgIpc) is 2.40. The summed E-state index contributed by atoms with van der Waals surface area (Å²) in [5.41, 5.74) is 1.13. The molecule has 21 heavy (non-hydrogen) atoms. The van der Waals surface area contributed by atoms with Crippen LogP contribution in [0.4, 0.5) is 0 Å². The SMILES string of the molecule is CC(C)CCOc1cc(CBr)c(OCCC(C)C)cc1Br. The Bertz CT molecular complexity index is 431. The predicted octanol–water partition coefficient (Wildman–Crippen LogP) is 6.19. The van der Waals surface area contributed by atoms with E-state index in [1.165, 1.54) is 0 Å². The molecular formula is C17H26Br2O2. The van der Waals surface area contributed by atoms with Crippen LogP contribution in [-0.4, -0.2) is 13.2 Å². The van der Waals surface area contributed by atoms with Crippen LogP contribution in [0.5, 0.6) is 11.5 Å². The summed E-state index contributed by atoms with van der Waals surface area (Å²) in [5, 5.41) is 0.762. The standard InChI is InChI=1S/C17H26Br2O2/c1-12(2)5-7-20-16-10-15(19)17(9-14(16)11-18)21-8-6-13(3)4/h9-10,12-13H,5-8,11H2,1-4H3. The zero-order valence-electron chi connectivity index (χ0n) is 13.4. The van der Waals surface area contributed by atoms with E-state index in [2.05, 4.69) is 65.6 Å². The molecule has 0 aliphatic heterocycles. The van der Waals surface area contributed by atoms with Gasteiger partial charge in [-0.1, -0.05) is 43.6 Å². The number of ether oxygens (including phenoxy) is 2. The lowest BCUT2D eigenvalue weighted by Gasteiger charge is -2.15. The van der Waals surface area contributed by atoms with Gasteiger partial charge in [-0.15, -0.1) is 0 Å². The highest BCUT2D eigenvalue weighted by Crippen LogP contribution is 2.34. The van der Waals surface area contributed by atoms with Gasteiger partial charge in [0.15, 0.2) is 0 Å². The van der Waals surface area contributed by atoms with E-state index in [-0.39, 0.29) is 0 Å². The summed E-state index contributed by atoms with van der Waals surface area (Å²) in [6.45, 7) is 10.3. The quantitative estimate of drug-likeness (QED) is 0.442. The van der Waals surface area contributed by atoms with Gasteiger partial charge in [0.1, 0.15) is 11.5 Å². The fraction of sp³-hybridized carbons (Fsp3) is 0.647. The first-order valence-electron chi connectivity index (χ1n) is 7.58. The maximum atomic E-state index is 5.90. The van der Waals surface area contributed by atoms with Gasteiger partial charge in [0.05, 0.1) is 17.7 Å². The Labute approximate surface area is 145 Å². The van der Waals surface area contributed by atoms with Crippen LogP contribution < -0.4 is 9.47 Å². The third-order valence-electron chi connectivity index (χ3n) is 3.16. The zero-order chi connectivity index (χ0) is 15.8. The minimum atomic E-state index is 0.651. The van der Waals surface area contributed by atoms with Gasteiger partial charge in [-0.2, -0.15) is 0 Å². The van der Waals surface area contributed by atoms with E-state index in [4.69, 9.17) is 9.47 Å². The van der Waals surface area contributed by atoms with Crippen molar-refractivity contribution in [2.24, 2.45) is 11.8 Å². The number of halogens is 2. The first-order chi connectivity index (χ1) is 9.93. The smallest absolute Gasteiger partial charge is 0.134 e. The maximum absolute atomic E-state index is 5.90. The third-order valence-corrected chi connectivity index (χ3v) is 4.39. The van der Waals surface area contributed by atoms with Crippen LogP contribution in [0.3, 0.4) is 0 Å². The van der Waals surface area contributed by atoms with Gasteiger partial charge in [-0.3, -0.25) is 0 Å². The van der Waals surface area contributed by atoms with Crippen molar-refractivity contribution in [2.75, 3.05) is 13.2 Å². The lowest BCUT2D eigenvalue weighted by molar-refractivity contribution is 0.279. The summed E-state index contributed by atoms with van der Waals surface area (Å²) >= 11 is 7.11. The fourth-order valence-electron chi connectivity index (χ4n) is 1.74. The summed E-state index contributed by atoms with van der Waals surface area (Å²) < 4.78 is 12.7. The molecule has 0 aliphatic carbocycles. The molecule has 1 rings (SSSR count). The largest absolute Gasteiger partial charge is 0.493 e. The first-order valence-corrected chi connectivity index (χ1v) is 9.49. The summed E-state index contributed by atoms with van der Waals surface area (Å²) in [4.78, 5) is 0. The summed E-state index contributed by atoms with van der Waals surface area (Å²) in [5.74, 6) is 3.12. The van der Waals surface area contributed by atoms with Crippen LogP contribution in [0, 0.1) is 11.8 Å². The molecule has 0 N–H and O–H groups in total. The minimum absolute atomic E-state index is 0.651. The van der Waals surface area contributed by atoms with Crippen molar-refractivity contribution in [1.82, 2.24) is 0 Å². The van der Waals surface area contributed by atoms with Gasteiger partial charge in [-0.05, 0) is 52.7 Å². The molecule has 0 saturated heterocycles. The van der Waals surface area contributed by atoms with E-state index in [1.807, 2.05) is 6.07 Å². The Morgan fingerprint density at radius 2 is 1.43 bits per heavy atom. The molecule has 120 valence electrons. The Kier molecular flexibility index (Phi) is 8.72. The summed E-state index contributed by atoms with van der Waals surface area (Å²) in [7, 11) is 0. The summed E-state index contributed by atoms with van der Waals surface area (Å²) in [6, 6.07) is 4.07. The lowest BCUT2D eigenvalue weighted by Crippen LogP contribution is -2.05. The molecule has 0 amide bonds. The monoisotopic (exact) mass is 420 g/mol. The van der Waals surface area contributed by atoms with Gasteiger partial charge < -0.3 is 9.47 Å². The van der Waals surface area contributed by atoms with Crippen LogP contribution >= 0.6 is 31.9 Å². The Morgan fingerprint density at radius 1 is 0.905 bits per heavy atom. The minimum Gasteiger partial charge on any atom is -0.493 e. The molecule has 0 heterocycles. The van der Waals surface area contributed by atoms with Crippen molar-refractivity contribution in [3.05, 3.63) is 22.2 Å². The van der Waals surface area contributed by atoms with Crippen LogP contribution in [0.15, 0.2) is 16.6 Å². The Morgan fingerprint density at radius 3 is 1.90 bits per heavy atom. The zero-order valence-corrected chi connectivity index (χ0v) is 16.6. The second-order valence-corrected chi connectivity index (χ2v) is 7.50. The second-order valence-electron chi connectivity index (χ2n) is 6.09. The fourth-order valence-corrected chi connectivity index (χ4v) is 2.61. The topological polar surface area (TPSA) is 18.5 Å². The number of benzene rings is 1. The van der Waals surface area contributed by atoms with Gasteiger partial charge in [0.25, 0.3) is 0 Å². The van der Waals surface area contributed by atoms with E-state index in [1.54, 1.807) is 0 Å². The molecule has 1 aromatic rings. The molecule has 0 fully saturated rings. The molecule has 0 atom stereocenters.